The molecule has 0 amide bonds. The first kappa shape index (κ1) is 9.27. The SMILES string of the molecule is Cc1ccc2c(c1I)C(N)CCO2. The van der Waals surface area contributed by atoms with Crippen LogP contribution in [0.15, 0.2) is 12.1 Å². The van der Waals surface area contributed by atoms with Gasteiger partial charge in [0.15, 0.2) is 0 Å². The molecule has 1 heterocycles. The summed E-state index contributed by atoms with van der Waals surface area (Å²) < 4.78 is 6.80. The van der Waals surface area contributed by atoms with Gasteiger partial charge in [-0.25, -0.2) is 0 Å². The normalized spacial score (nSPS) is 20.7. The maximum Gasteiger partial charge on any atom is 0.125 e. The molecule has 1 aliphatic rings. The van der Waals surface area contributed by atoms with Gasteiger partial charge in [0.1, 0.15) is 5.75 Å². The van der Waals surface area contributed by atoms with Gasteiger partial charge in [-0.15, -0.1) is 0 Å². The van der Waals surface area contributed by atoms with Gasteiger partial charge in [0.05, 0.1) is 6.61 Å². The summed E-state index contributed by atoms with van der Waals surface area (Å²) in [6, 6.07) is 4.25. The van der Waals surface area contributed by atoms with Crippen LogP contribution in [0.5, 0.6) is 5.75 Å². The highest BCUT2D eigenvalue weighted by molar-refractivity contribution is 14.1. The first-order valence-corrected chi connectivity index (χ1v) is 5.45. The summed E-state index contributed by atoms with van der Waals surface area (Å²) in [4.78, 5) is 0. The number of ether oxygens (including phenoxy) is 1. The molecule has 2 rings (SSSR count). The lowest BCUT2D eigenvalue weighted by Crippen LogP contribution is -2.22. The quantitative estimate of drug-likeness (QED) is 0.744. The number of hydrogen-bond acceptors (Lipinski definition) is 2. The molecule has 3 heteroatoms. The summed E-state index contributed by atoms with van der Waals surface area (Å²) in [5, 5.41) is 0. The lowest BCUT2D eigenvalue weighted by molar-refractivity contribution is 0.268. The third kappa shape index (κ3) is 1.55. The maximum absolute atomic E-state index is 6.03. The van der Waals surface area contributed by atoms with Crippen molar-refractivity contribution in [2.24, 2.45) is 5.73 Å². The number of fused-ring (bicyclic) bond motifs is 1. The summed E-state index contributed by atoms with van der Waals surface area (Å²) in [5.74, 6) is 0.966. The van der Waals surface area contributed by atoms with Crippen molar-refractivity contribution in [2.45, 2.75) is 19.4 Å². The highest BCUT2D eigenvalue weighted by Gasteiger charge is 2.21. The van der Waals surface area contributed by atoms with Crippen molar-refractivity contribution in [3.8, 4) is 5.75 Å². The Hall–Kier alpha value is -0.290. The van der Waals surface area contributed by atoms with Gasteiger partial charge in [-0.1, -0.05) is 6.07 Å². The van der Waals surface area contributed by atoms with E-state index in [0.717, 1.165) is 18.8 Å². The Morgan fingerprint density at radius 1 is 1.54 bits per heavy atom. The molecule has 1 aliphatic heterocycles. The first-order chi connectivity index (χ1) is 6.20. The molecule has 0 radical (unpaired) electrons. The fraction of sp³-hybridized carbons (Fsp3) is 0.400. The van der Waals surface area contributed by atoms with E-state index in [2.05, 4.69) is 35.6 Å². The van der Waals surface area contributed by atoms with Crippen LogP contribution in [0.25, 0.3) is 0 Å². The van der Waals surface area contributed by atoms with Gasteiger partial charge in [0.2, 0.25) is 0 Å². The molecule has 1 atom stereocenters. The van der Waals surface area contributed by atoms with Gasteiger partial charge >= 0.3 is 0 Å². The number of halogens is 1. The lowest BCUT2D eigenvalue weighted by Gasteiger charge is -2.24. The number of hydrogen-bond donors (Lipinski definition) is 1. The van der Waals surface area contributed by atoms with Gasteiger partial charge in [-0.2, -0.15) is 0 Å². The Morgan fingerprint density at radius 3 is 3.08 bits per heavy atom. The topological polar surface area (TPSA) is 35.2 Å². The fourth-order valence-electron chi connectivity index (χ4n) is 1.60. The monoisotopic (exact) mass is 289 g/mol. The molecule has 0 bridgehead atoms. The molecule has 1 aromatic carbocycles. The first-order valence-electron chi connectivity index (χ1n) is 4.37. The van der Waals surface area contributed by atoms with Crippen LogP contribution in [-0.2, 0) is 0 Å². The van der Waals surface area contributed by atoms with Crippen molar-refractivity contribution in [1.82, 2.24) is 0 Å². The van der Waals surface area contributed by atoms with Crippen LogP contribution in [0.3, 0.4) is 0 Å². The van der Waals surface area contributed by atoms with Crippen LogP contribution >= 0.6 is 22.6 Å². The zero-order valence-electron chi connectivity index (χ0n) is 7.51. The second-order valence-electron chi connectivity index (χ2n) is 3.35. The van der Waals surface area contributed by atoms with Gasteiger partial charge in [-0.05, 0) is 41.1 Å². The van der Waals surface area contributed by atoms with E-state index in [1.54, 1.807) is 0 Å². The van der Waals surface area contributed by atoms with Gasteiger partial charge in [0.25, 0.3) is 0 Å². The number of benzene rings is 1. The lowest BCUT2D eigenvalue weighted by atomic mass is 9.99. The second kappa shape index (κ2) is 3.46. The van der Waals surface area contributed by atoms with Crippen LogP contribution in [0.1, 0.15) is 23.6 Å². The largest absolute Gasteiger partial charge is 0.493 e. The Labute approximate surface area is 91.6 Å². The minimum atomic E-state index is 0.149. The van der Waals surface area contributed by atoms with Crippen LogP contribution < -0.4 is 10.5 Å². The van der Waals surface area contributed by atoms with Crippen molar-refractivity contribution in [1.29, 1.82) is 0 Å². The van der Waals surface area contributed by atoms with E-state index in [0.29, 0.717) is 0 Å². The Balaban J connectivity index is 2.58. The molecule has 0 aliphatic carbocycles. The molecule has 0 aromatic heterocycles. The zero-order valence-corrected chi connectivity index (χ0v) is 9.67. The van der Waals surface area contributed by atoms with Crippen molar-refractivity contribution in [3.63, 3.8) is 0 Å². The average molecular weight is 289 g/mol. The number of nitrogens with two attached hydrogens (primary N) is 1. The van der Waals surface area contributed by atoms with Crippen LogP contribution in [0.2, 0.25) is 0 Å². The molecular weight excluding hydrogens is 277 g/mol. The highest BCUT2D eigenvalue weighted by atomic mass is 127. The molecule has 0 saturated heterocycles. The molecule has 0 fully saturated rings. The summed E-state index contributed by atoms with van der Waals surface area (Å²) in [7, 11) is 0. The third-order valence-electron chi connectivity index (χ3n) is 2.39. The van der Waals surface area contributed by atoms with Crippen molar-refractivity contribution in [2.75, 3.05) is 6.61 Å². The van der Waals surface area contributed by atoms with Crippen LogP contribution in [0.4, 0.5) is 0 Å². The van der Waals surface area contributed by atoms with Crippen molar-refractivity contribution < 1.29 is 4.74 Å². The van der Waals surface area contributed by atoms with Crippen LogP contribution in [0, 0.1) is 10.5 Å². The number of aryl methyl sites for hydroxylation is 1. The predicted octanol–water partition coefficient (Wildman–Crippen LogP) is 2.38. The molecular formula is C10H12INO. The Morgan fingerprint density at radius 2 is 2.31 bits per heavy atom. The van der Waals surface area contributed by atoms with E-state index >= 15 is 0 Å². The molecule has 1 unspecified atom stereocenters. The van der Waals surface area contributed by atoms with Gasteiger partial charge in [0, 0.05) is 21.6 Å². The van der Waals surface area contributed by atoms with E-state index in [4.69, 9.17) is 10.5 Å². The minimum absolute atomic E-state index is 0.149. The highest BCUT2D eigenvalue weighted by Crippen LogP contribution is 2.35. The smallest absolute Gasteiger partial charge is 0.125 e. The van der Waals surface area contributed by atoms with E-state index in [-0.39, 0.29) is 6.04 Å². The van der Waals surface area contributed by atoms with E-state index in [1.165, 1.54) is 14.7 Å². The molecule has 1 aromatic rings. The van der Waals surface area contributed by atoms with E-state index in [1.807, 2.05) is 6.07 Å². The number of rotatable bonds is 0. The summed E-state index contributed by atoms with van der Waals surface area (Å²) in [5.41, 5.74) is 8.50. The molecule has 13 heavy (non-hydrogen) atoms. The van der Waals surface area contributed by atoms with Gasteiger partial charge < -0.3 is 10.5 Å². The summed E-state index contributed by atoms with van der Waals surface area (Å²) in [6.07, 6.45) is 0.923. The van der Waals surface area contributed by atoms with E-state index < -0.39 is 0 Å². The third-order valence-corrected chi connectivity index (χ3v) is 3.82. The fourth-order valence-corrected chi connectivity index (χ4v) is 2.44. The molecule has 0 saturated carbocycles. The van der Waals surface area contributed by atoms with Crippen molar-refractivity contribution in [3.05, 3.63) is 26.8 Å². The maximum atomic E-state index is 6.03. The Bertz CT molecular complexity index is 338. The standard InChI is InChI=1S/C10H12INO/c1-6-2-3-8-9(10(6)11)7(12)4-5-13-8/h2-3,7H,4-5,12H2,1H3. The Kier molecular flexibility index (Phi) is 2.47. The summed E-state index contributed by atoms with van der Waals surface area (Å²) in [6.45, 7) is 2.84. The summed E-state index contributed by atoms with van der Waals surface area (Å²) >= 11 is 2.34. The molecule has 2 N–H and O–H groups in total. The average Bonchev–Trinajstić information content (AvgIpc) is 2.12. The molecule has 2 nitrogen and oxygen atoms in total. The zero-order chi connectivity index (χ0) is 9.42. The molecule has 70 valence electrons. The van der Waals surface area contributed by atoms with E-state index in [9.17, 15) is 0 Å². The predicted molar refractivity (Wildman–Crippen MR) is 60.9 cm³/mol. The second-order valence-corrected chi connectivity index (χ2v) is 4.43. The minimum Gasteiger partial charge on any atom is -0.493 e. The van der Waals surface area contributed by atoms with Crippen LogP contribution in [-0.4, -0.2) is 6.61 Å². The van der Waals surface area contributed by atoms with Gasteiger partial charge in [-0.3, -0.25) is 0 Å². The molecule has 0 spiro atoms. The van der Waals surface area contributed by atoms with Crippen molar-refractivity contribution >= 4 is 22.6 Å².